The van der Waals surface area contributed by atoms with Gasteiger partial charge in [-0.15, -0.1) is 11.3 Å². The molecule has 1 fully saturated rings. The highest BCUT2D eigenvalue weighted by atomic mass is 32.1. The van der Waals surface area contributed by atoms with Crippen LogP contribution in [0.5, 0.6) is 0 Å². The molecule has 1 saturated heterocycles. The summed E-state index contributed by atoms with van der Waals surface area (Å²) in [6.07, 6.45) is 3.20. The number of carbonyl (C=O) groups excluding carboxylic acids is 1. The highest BCUT2D eigenvalue weighted by Gasteiger charge is 2.48. The van der Waals surface area contributed by atoms with Crippen LogP contribution >= 0.6 is 11.3 Å². The monoisotopic (exact) mass is 357 g/mol. The molecule has 2 aromatic rings. The molecule has 1 amide bonds. The van der Waals surface area contributed by atoms with Crippen LogP contribution in [-0.4, -0.2) is 47.9 Å². The number of hydrogen-bond acceptors (Lipinski definition) is 5. The third-order valence-corrected chi connectivity index (χ3v) is 6.01. The number of rotatable bonds is 3. The minimum absolute atomic E-state index is 0.0227. The molecule has 132 valence electrons. The predicted molar refractivity (Wildman–Crippen MR) is 97.3 cm³/mol. The third-order valence-electron chi connectivity index (χ3n) is 5.25. The maximum Gasteiger partial charge on any atom is 0.255 e. The van der Waals surface area contributed by atoms with Crippen molar-refractivity contribution in [3.63, 3.8) is 0 Å². The number of aromatic nitrogens is 1. The summed E-state index contributed by atoms with van der Waals surface area (Å²) in [4.78, 5) is 21.0. The Morgan fingerprint density at radius 2 is 2.12 bits per heavy atom. The number of carbonyl (C=O) groups is 1. The molecule has 0 N–H and O–H groups in total. The van der Waals surface area contributed by atoms with Crippen LogP contribution in [0.3, 0.4) is 0 Å². The number of piperidine rings is 1. The minimum Gasteiger partial charge on any atom is -0.352 e. The minimum atomic E-state index is -0.475. The van der Waals surface area contributed by atoms with Gasteiger partial charge in [-0.3, -0.25) is 9.69 Å². The Kier molecular flexibility index (Phi) is 4.35. The zero-order valence-electron chi connectivity index (χ0n) is 14.6. The summed E-state index contributed by atoms with van der Waals surface area (Å²) < 4.78 is 6.44. The Balaban J connectivity index is 1.54. The van der Waals surface area contributed by atoms with E-state index in [-0.39, 0.29) is 11.5 Å². The standard InChI is InChI=1S/C19H23N3O2S/c1-21(2)18(23)17-14-5-3-4-6-15(14)19(24-17)7-10-22(11-8-19)13-16-20-9-12-25-16/h3-6,9,12,17H,7-8,10-11,13H2,1-2H3/t17-/m0/s1. The predicted octanol–water partition coefficient (Wildman–Crippen LogP) is 2.79. The lowest BCUT2D eigenvalue weighted by Crippen LogP contribution is -2.42. The zero-order chi connectivity index (χ0) is 17.4. The van der Waals surface area contributed by atoms with E-state index in [1.165, 1.54) is 5.56 Å². The number of likely N-dealkylation sites (tertiary alicyclic amines) is 1. The van der Waals surface area contributed by atoms with Gasteiger partial charge in [0, 0.05) is 38.8 Å². The summed E-state index contributed by atoms with van der Waals surface area (Å²) in [6, 6.07) is 8.22. The second-order valence-electron chi connectivity index (χ2n) is 7.01. The molecular formula is C19H23N3O2S. The Hall–Kier alpha value is -1.76. The van der Waals surface area contributed by atoms with Crippen molar-refractivity contribution in [3.8, 4) is 0 Å². The van der Waals surface area contributed by atoms with Gasteiger partial charge in [-0.1, -0.05) is 24.3 Å². The maximum atomic E-state index is 12.6. The molecule has 5 nitrogen and oxygen atoms in total. The van der Waals surface area contributed by atoms with Gasteiger partial charge in [-0.2, -0.15) is 0 Å². The fraction of sp³-hybridized carbons (Fsp3) is 0.474. The lowest BCUT2D eigenvalue weighted by Gasteiger charge is -2.39. The van der Waals surface area contributed by atoms with Gasteiger partial charge in [-0.05, 0) is 24.0 Å². The molecule has 2 aliphatic rings. The molecule has 1 atom stereocenters. The van der Waals surface area contributed by atoms with Crippen LogP contribution in [0, 0.1) is 0 Å². The van der Waals surface area contributed by atoms with E-state index in [0.717, 1.165) is 43.0 Å². The third kappa shape index (κ3) is 2.99. The summed E-state index contributed by atoms with van der Waals surface area (Å²) >= 11 is 1.70. The second kappa shape index (κ2) is 6.52. The highest BCUT2D eigenvalue weighted by molar-refractivity contribution is 7.09. The topological polar surface area (TPSA) is 45.7 Å². The summed E-state index contributed by atoms with van der Waals surface area (Å²) in [6.45, 7) is 2.81. The Morgan fingerprint density at radius 3 is 2.80 bits per heavy atom. The van der Waals surface area contributed by atoms with Crippen molar-refractivity contribution in [3.05, 3.63) is 52.0 Å². The van der Waals surface area contributed by atoms with Crippen LogP contribution in [-0.2, 0) is 21.7 Å². The molecule has 25 heavy (non-hydrogen) atoms. The molecule has 0 radical (unpaired) electrons. The summed E-state index contributed by atoms with van der Waals surface area (Å²) in [7, 11) is 3.58. The van der Waals surface area contributed by atoms with Crippen molar-refractivity contribution in [1.82, 2.24) is 14.8 Å². The first-order valence-electron chi connectivity index (χ1n) is 8.68. The van der Waals surface area contributed by atoms with Crippen molar-refractivity contribution in [2.45, 2.75) is 31.1 Å². The Labute approximate surface area is 152 Å². The number of amides is 1. The molecule has 1 spiro atoms. The first kappa shape index (κ1) is 16.7. The van der Waals surface area contributed by atoms with Gasteiger partial charge in [0.05, 0.1) is 12.1 Å². The SMILES string of the molecule is CN(C)C(=O)[C@H]1OC2(CCN(Cc3nccs3)CC2)c2ccccc21. The van der Waals surface area contributed by atoms with E-state index < -0.39 is 6.10 Å². The fourth-order valence-electron chi connectivity index (χ4n) is 3.89. The zero-order valence-corrected chi connectivity index (χ0v) is 15.5. The van der Waals surface area contributed by atoms with Crippen LogP contribution in [0.2, 0.25) is 0 Å². The lowest BCUT2D eigenvalue weighted by molar-refractivity contribution is -0.158. The van der Waals surface area contributed by atoms with E-state index >= 15 is 0 Å². The molecule has 1 aromatic carbocycles. The van der Waals surface area contributed by atoms with Crippen LogP contribution in [0.25, 0.3) is 0 Å². The number of benzene rings is 1. The van der Waals surface area contributed by atoms with E-state index in [9.17, 15) is 4.79 Å². The lowest BCUT2D eigenvalue weighted by atomic mass is 9.83. The first-order valence-corrected chi connectivity index (χ1v) is 9.56. The summed E-state index contributed by atoms with van der Waals surface area (Å²) in [5.41, 5.74) is 1.91. The second-order valence-corrected chi connectivity index (χ2v) is 7.99. The van der Waals surface area contributed by atoms with Gasteiger partial charge < -0.3 is 9.64 Å². The normalized spacial score (nSPS) is 22.1. The van der Waals surface area contributed by atoms with Crippen LogP contribution in [0.15, 0.2) is 35.8 Å². The first-order chi connectivity index (χ1) is 12.1. The maximum absolute atomic E-state index is 12.6. The Morgan fingerprint density at radius 1 is 1.36 bits per heavy atom. The largest absolute Gasteiger partial charge is 0.352 e. The average Bonchev–Trinajstić information content (AvgIpc) is 3.24. The summed E-state index contributed by atoms with van der Waals surface area (Å²) in [5.74, 6) is 0.0227. The number of thiazole rings is 1. The van der Waals surface area contributed by atoms with Crippen LogP contribution in [0.1, 0.15) is 35.1 Å². The van der Waals surface area contributed by atoms with Gasteiger partial charge in [0.25, 0.3) is 5.91 Å². The number of ether oxygens (including phenoxy) is 1. The van der Waals surface area contributed by atoms with Crippen molar-refractivity contribution in [2.24, 2.45) is 0 Å². The molecule has 0 unspecified atom stereocenters. The van der Waals surface area contributed by atoms with Crippen molar-refractivity contribution >= 4 is 17.2 Å². The van der Waals surface area contributed by atoms with E-state index in [0.29, 0.717) is 0 Å². The smallest absolute Gasteiger partial charge is 0.255 e. The fourth-order valence-corrected chi connectivity index (χ4v) is 4.55. The quantitative estimate of drug-likeness (QED) is 0.847. The summed E-state index contributed by atoms with van der Waals surface area (Å²) in [5, 5.41) is 3.18. The highest BCUT2D eigenvalue weighted by Crippen LogP contribution is 2.49. The molecule has 4 rings (SSSR count). The van der Waals surface area contributed by atoms with Crippen LogP contribution in [0.4, 0.5) is 0 Å². The molecule has 0 saturated carbocycles. The number of fused-ring (bicyclic) bond motifs is 2. The van der Waals surface area contributed by atoms with Crippen molar-refractivity contribution in [2.75, 3.05) is 27.2 Å². The van der Waals surface area contributed by atoms with Gasteiger partial charge in [-0.25, -0.2) is 4.98 Å². The van der Waals surface area contributed by atoms with Gasteiger partial charge in [0.1, 0.15) is 5.01 Å². The van der Waals surface area contributed by atoms with E-state index in [4.69, 9.17) is 4.74 Å². The van der Waals surface area contributed by atoms with Gasteiger partial charge in [0.15, 0.2) is 6.10 Å². The molecule has 0 aliphatic carbocycles. The number of nitrogens with zero attached hydrogens (tertiary/aromatic N) is 3. The number of likely N-dealkylation sites (N-methyl/N-ethyl adjacent to an activating group) is 1. The molecule has 2 aliphatic heterocycles. The van der Waals surface area contributed by atoms with Crippen molar-refractivity contribution in [1.29, 1.82) is 0 Å². The molecule has 3 heterocycles. The van der Waals surface area contributed by atoms with E-state index in [2.05, 4.69) is 22.0 Å². The molecular weight excluding hydrogens is 334 g/mol. The van der Waals surface area contributed by atoms with Crippen LogP contribution < -0.4 is 0 Å². The van der Waals surface area contributed by atoms with Crippen molar-refractivity contribution < 1.29 is 9.53 Å². The Bertz CT molecular complexity index is 752. The molecule has 6 heteroatoms. The number of hydrogen-bond donors (Lipinski definition) is 0. The molecule has 1 aromatic heterocycles. The average molecular weight is 357 g/mol. The van der Waals surface area contributed by atoms with E-state index in [1.807, 2.05) is 23.7 Å². The van der Waals surface area contributed by atoms with Gasteiger partial charge in [0.2, 0.25) is 0 Å². The molecule has 0 bridgehead atoms. The van der Waals surface area contributed by atoms with E-state index in [1.54, 1.807) is 30.3 Å². The van der Waals surface area contributed by atoms with Gasteiger partial charge >= 0.3 is 0 Å².